The minimum atomic E-state index is -3.44. The first-order chi connectivity index (χ1) is 11.4. The third kappa shape index (κ3) is 3.01. The van der Waals surface area contributed by atoms with E-state index >= 15 is 0 Å². The number of aryl methyl sites for hydroxylation is 1. The van der Waals surface area contributed by atoms with Gasteiger partial charge in [-0.25, -0.2) is 8.42 Å². The van der Waals surface area contributed by atoms with Gasteiger partial charge in [0.25, 0.3) is 5.91 Å². The second kappa shape index (κ2) is 6.28. The summed E-state index contributed by atoms with van der Waals surface area (Å²) in [5.74, 6) is -0.173. The average molecular weight is 344 g/mol. The molecule has 3 rings (SSSR count). The van der Waals surface area contributed by atoms with Gasteiger partial charge >= 0.3 is 0 Å². The molecule has 0 N–H and O–H groups in total. The number of para-hydroxylation sites is 2. The number of anilines is 2. The number of rotatable bonds is 3. The molecule has 0 fully saturated rings. The Kier molecular flexibility index (Phi) is 4.32. The molecule has 0 aromatic heterocycles. The molecule has 0 saturated heterocycles. The van der Waals surface area contributed by atoms with Gasteiger partial charge in [-0.15, -0.1) is 0 Å². The Morgan fingerprint density at radius 2 is 1.75 bits per heavy atom. The maximum absolute atomic E-state index is 13.1. The zero-order valence-electron chi connectivity index (χ0n) is 13.8. The summed E-state index contributed by atoms with van der Waals surface area (Å²) >= 11 is 0. The predicted octanol–water partition coefficient (Wildman–Crippen LogP) is 2.68. The van der Waals surface area contributed by atoms with E-state index in [0.29, 0.717) is 17.8 Å². The van der Waals surface area contributed by atoms with Crippen LogP contribution in [0, 0.1) is 0 Å². The van der Waals surface area contributed by atoms with Crippen LogP contribution in [0.3, 0.4) is 0 Å². The van der Waals surface area contributed by atoms with Crippen LogP contribution in [0.5, 0.6) is 0 Å². The fourth-order valence-electron chi connectivity index (χ4n) is 3.00. The summed E-state index contributed by atoms with van der Waals surface area (Å²) in [6.45, 7) is 0.632. The molecule has 1 amide bonds. The Morgan fingerprint density at radius 3 is 2.50 bits per heavy atom. The maximum Gasteiger partial charge on any atom is 0.260 e. The van der Waals surface area contributed by atoms with Crippen LogP contribution in [0.25, 0.3) is 0 Å². The molecule has 2 aromatic rings. The summed E-state index contributed by atoms with van der Waals surface area (Å²) < 4.78 is 24.9. The molecule has 0 spiro atoms. The molecule has 0 bridgehead atoms. The van der Waals surface area contributed by atoms with E-state index in [-0.39, 0.29) is 5.91 Å². The number of carbonyl (C=O) groups excluding carboxylic acids is 1. The second-order valence-corrected chi connectivity index (χ2v) is 7.95. The molecule has 5 nitrogen and oxygen atoms in total. The van der Waals surface area contributed by atoms with Gasteiger partial charge in [0.1, 0.15) is 0 Å². The third-order valence-corrected chi connectivity index (χ3v) is 5.52. The van der Waals surface area contributed by atoms with E-state index in [0.717, 1.165) is 34.7 Å². The monoisotopic (exact) mass is 344 g/mol. The van der Waals surface area contributed by atoms with Crippen molar-refractivity contribution in [1.82, 2.24) is 0 Å². The minimum Gasteiger partial charge on any atom is -0.308 e. The topological polar surface area (TPSA) is 57.7 Å². The molecule has 0 unspecified atom stereocenters. The second-order valence-electron chi connectivity index (χ2n) is 5.94. The van der Waals surface area contributed by atoms with Crippen molar-refractivity contribution < 1.29 is 13.2 Å². The van der Waals surface area contributed by atoms with Crippen LogP contribution < -0.4 is 9.21 Å². The molecule has 1 heterocycles. The Hall–Kier alpha value is -2.34. The van der Waals surface area contributed by atoms with Crippen LogP contribution in [0.2, 0.25) is 0 Å². The number of fused-ring (bicyclic) bond motifs is 1. The van der Waals surface area contributed by atoms with E-state index in [2.05, 4.69) is 0 Å². The lowest BCUT2D eigenvalue weighted by atomic mass is 10.0. The van der Waals surface area contributed by atoms with Gasteiger partial charge in [0.05, 0.1) is 17.5 Å². The van der Waals surface area contributed by atoms with Gasteiger partial charge in [0.15, 0.2) is 0 Å². The molecule has 0 radical (unpaired) electrons. The average Bonchev–Trinajstić information content (AvgIpc) is 2.59. The van der Waals surface area contributed by atoms with Crippen molar-refractivity contribution in [2.24, 2.45) is 0 Å². The first-order valence-electron chi connectivity index (χ1n) is 7.82. The lowest BCUT2D eigenvalue weighted by Crippen LogP contribution is -2.37. The summed E-state index contributed by atoms with van der Waals surface area (Å²) in [6, 6.07) is 14.7. The smallest absolute Gasteiger partial charge is 0.260 e. The number of hydrogen-bond donors (Lipinski definition) is 0. The van der Waals surface area contributed by atoms with Gasteiger partial charge in [0, 0.05) is 19.3 Å². The van der Waals surface area contributed by atoms with Crippen LogP contribution in [-0.2, 0) is 16.4 Å². The van der Waals surface area contributed by atoms with E-state index in [9.17, 15) is 13.2 Å². The highest BCUT2D eigenvalue weighted by Gasteiger charge is 2.27. The lowest BCUT2D eigenvalue weighted by molar-refractivity contribution is 0.0986. The standard InChI is InChI=1S/C18H20N2O3S/c1-19(24(2,22)23)17-12-6-4-10-15(17)18(21)20-13-7-9-14-8-3-5-11-16(14)20/h3-6,8,10-12H,7,9,13H2,1-2H3. The van der Waals surface area contributed by atoms with Crippen LogP contribution in [0.15, 0.2) is 48.5 Å². The van der Waals surface area contributed by atoms with E-state index in [1.54, 1.807) is 29.2 Å². The van der Waals surface area contributed by atoms with Gasteiger partial charge in [-0.1, -0.05) is 30.3 Å². The van der Waals surface area contributed by atoms with Crippen molar-refractivity contribution in [1.29, 1.82) is 0 Å². The number of carbonyl (C=O) groups is 1. The largest absolute Gasteiger partial charge is 0.308 e. The predicted molar refractivity (Wildman–Crippen MR) is 96.1 cm³/mol. The fraction of sp³-hybridized carbons (Fsp3) is 0.278. The Balaban J connectivity index is 2.04. The van der Waals surface area contributed by atoms with Gasteiger partial charge in [-0.05, 0) is 36.6 Å². The van der Waals surface area contributed by atoms with Crippen LogP contribution >= 0.6 is 0 Å². The summed E-state index contributed by atoms with van der Waals surface area (Å²) in [4.78, 5) is 14.9. The molecular weight excluding hydrogens is 324 g/mol. The molecule has 6 heteroatoms. The van der Waals surface area contributed by atoms with Crippen molar-refractivity contribution in [3.05, 3.63) is 59.7 Å². The zero-order valence-corrected chi connectivity index (χ0v) is 14.6. The molecule has 24 heavy (non-hydrogen) atoms. The van der Waals surface area contributed by atoms with Crippen LogP contribution in [0.4, 0.5) is 11.4 Å². The number of benzene rings is 2. The van der Waals surface area contributed by atoms with Gasteiger partial charge in [0.2, 0.25) is 10.0 Å². The highest BCUT2D eigenvalue weighted by molar-refractivity contribution is 7.92. The summed E-state index contributed by atoms with van der Waals surface area (Å²) in [7, 11) is -1.98. The summed E-state index contributed by atoms with van der Waals surface area (Å²) in [5, 5.41) is 0. The van der Waals surface area contributed by atoms with Gasteiger partial charge in [-0.3, -0.25) is 9.10 Å². The number of hydrogen-bond acceptors (Lipinski definition) is 3. The molecule has 126 valence electrons. The first kappa shape index (κ1) is 16.5. The Bertz CT molecular complexity index is 877. The third-order valence-electron chi connectivity index (χ3n) is 4.33. The molecular formula is C18H20N2O3S. The van der Waals surface area contributed by atoms with Gasteiger partial charge in [-0.2, -0.15) is 0 Å². The molecule has 0 atom stereocenters. The maximum atomic E-state index is 13.1. The Labute approximate surface area is 142 Å². The fourth-order valence-corrected chi connectivity index (χ4v) is 3.51. The summed E-state index contributed by atoms with van der Waals surface area (Å²) in [5.41, 5.74) is 2.84. The highest BCUT2D eigenvalue weighted by atomic mass is 32.2. The SMILES string of the molecule is CN(c1ccccc1C(=O)N1CCCc2ccccc21)S(C)(=O)=O. The van der Waals surface area contributed by atoms with E-state index in [1.807, 2.05) is 24.3 Å². The highest BCUT2D eigenvalue weighted by Crippen LogP contribution is 2.30. The molecule has 2 aromatic carbocycles. The first-order valence-corrected chi connectivity index (χ1v) is 9.67. The van der Waals surface area contributed by atoms with Gasteiger partial charge < -0.3 is 4.90 Å². The van der Waals surface area contributed by atoms with Crippen molar-refractivity contribution in [3.8, 4) is 0 Å². The van der Waals surface area contributed by atoms with Crippen molar-refractivity contribution >= 4 is 27.3 Å². The van der Waals surface area contributed by atoms with E-state index < -0.39 is 10.0 Å². The van der Waals surface area contributed by atoms with E-state index in [4.69, 9.17) is 0 Å². The van der Waals surface area contributed by atoms with Crippen LogP contribution in [-0.4, -0.2) is 34.2 Å². The molecule has 0 aliphatic carbocycles. The molecule has 0 saturated carbocycles. The summed E-state index contributed by atoms with van der Waals surface area (Å²) in [6.07, 6.45) is 2.97. The van der Waals surface area contributed by atoms with E-state index in [1.165, 1.54) is 7.05 Å². The minimum absolute atomic E-state index is 0.173. The Morgan fingerprint density at radius 1 is 1.08 bits per heavy atom. The van der Waals surface area contributed by atoms with Crippen molar-refractivity contribution in [2.75, 3.05) is 29.1 Å². The number of amides is 1. The lowest BCUT2D eigenvalue weighted by Gasteiger charge is -2.30. The number of sulfonamides is 1. The number of nitrogens with zero attached hydrogens (tertiary/aromatic N) is 2. The normalized spacial score (nSPS) is 14.2. The zero-order chi connectivity index (χ0) is 17.3. The van der Waals surface area contributed by atoms with Crippen molar-refractivity contribution in [3.63, 3.8) is 0 Å². The van der Waals surface area contributed by atoms with Crippen molar-refractivity contribution in [2.45, 2.75) is 12.8 Å². The molecule has 1 aliphatic rings. The quantitative estimate of drug-likeness (QED) is 0.860. The van der Waals surface area contributed by atoms with Crippen LogP contribution in [0.1, 0.15) is 22.3 Å². The molecule has 1 aliphatic heterocycles.